The molecule has 8 heteroatoms. The highest BCUT2D eigenvalue weighted by molar-refractivity contribution is 6.30. The Kier molecular flexibility index (Phi) is 2.70. The molecular formula is C9H5ClF3N3O. The van der Waals surface area contributed by atoms with E-state index in [0.717, 1.165) is 0 Å². The standard InChI is InChI=1S/C9H5ClF3N3O/c10-5-1-2-7(14-4-5)16-8(17)3-6(15-16)9(11,12)13/h1-4,17H. The number of rotatable bonds is 1. The third-order valence-electron chi connectivity index (χ3n) is 1.91. The Morgan fingerprint density at radius 3 is 2.47 bits per heavy atom. The van der Waals surface area contributed by atoms with Crippen molar-refractivity contribution in [3.05, 3.63) is 35.1 Å². The lowest BCUT2D eigenvalue weighted by molar-refractivity contribution is -0.141. The van der Waals surface area contributed by atoms with E-state index >= 15 is 0 Å². The first-order valence-corrected chi connectivity index (χ1v) is 4.74. The van der Waals surface area contributed by atoms with Crippen molar-refractivity contribution in [3.63, 3.8) is 0 Å². The minimum Gasteiger partial charge on any atom is -0.493 e. The van der Waals surface area contributed by atoms with Crippen LogP contribution in [0, 0.1) is 0 Å². The van der Waals surface area contributed by atoms with Crippen LogP contribution in [0.1, 0.15) is 5.69 Å². The quantitative estimate of drug-likeness (QED) is 0.860. The van der Waals surface area contributed by atoms with Crippen molar-refractivity contribution in [2.24, 2.45) is 0 Å². The lowest BCUT2D eigenvalue weighted by Gasteiger charge is -2.02. The number of pyridine rings is 1. The predicted molar refractivity (Wildman–Crippen MR) is 53.0 cm³/mol. The zero-order valence-corrected chi connectivity index (χ0v) is 8.87. The van der Waals surface area contributed by atoms with E-state index in [1.54, 1.807) is 0 Å². The first-order valence-electron chi connectivity index (χ1n) is 4.36. The molecule has 0 unspecified atom stereocenters. The van der Waals surface area contributed by atoms with Gasteiger partial charge < -0.3 is 5.11 Å². The molecule has 2 aromatic rings. The summed E-state index contributed by atoms with van der Waals surface area (Å²) in [6.45, 7) is 0. The van der Waals surface area contributed by atoms with Crippen LogP contribution in [-0.2, 0) is 6.18 Å². The van der Waals surface area contributed by atoms with Crippen molar-refractivity contribution in [1.82, 2.24) is 14.8 Å². The fourth-order valence-electron chi connectivity index (χ4n) is 1.17. The van der Waals surface area contributed by atoms with Gasteiger partial charge in [0.15, 0.2) is 11.5 Å². The second-order valence-corrected chi connectivity index (χ2v) is 3.57. The van der Waals surface area contributed by atoms with Crippen molar-refractivity contribution in [1.29, 1.82) is 0 Å². The van der Waals surface area contributed by atoms with E-state index in [2.05, 4.69) is 10.1 Å². The van der Waals surface area contributed by atoms with Gasteiger partial charge in [0.2, 0.25) is 5.88 Å². The van der Waals surface area contributed by atoms with Crippen LogP contribution in [0.3, 0.4) is 0 Å². The van der Waals surface area contributed by atoms with Gasteiger partial charge in [-0.2, -0.15) is 23.0 Å². The van der Waals surface area contributed by atoms with E-state index in [1.165, 1.54) is 18.3 Å². The molecule has 0 aliphatic carbocycles. The van der Waals surface area contributed by atoms with Crippen molar-refractivity contribution in [2.45, 2.75) is 6.18 Å². The summed E-state index contributed by atoms with van der Waals surface area (Å²) in [6, 6.07) is 3.30. The topological polar surface area (TPSA) is 50.9 Å². The number of aromatic hydroxyl groups is 1. The van der Waals surface area contributed by atoms with Crippen molar-refractivity contribution >= 4 is 11.6 Å². The fourth-order valence-corrected chi connectivity index (χ4v) is 1.28. The van der Waals surface area contributed by atoms with Gasteiger partial charge in [0.1, 0.15) is 0 Å². The van der Waals surface area contributed by atoms with Gasteiger partial charge in [-0.3, -0.25) is 0 Å². The lowest BCUT2D eigenvalue weighted by Crippen LogP contribution is -2.07. The predicted octanol–water partition coefficient (Wildman–Crippen LogP) is 2.65. The molecule has 0 saturated carbocycles. The molecule has 0 atom stereocenters. The van der Waals surface area contributed by atoms with Gasteiger partial charge in [-0.25, -0.2) is 4.98 Å². The Bertz CT molecular complexity index is 535. The Morgan fingerprint density at radius 2 is 2.00 bits per heavy atom. The lowest BCUT2D eigenvalue weighted by atomic mass is 10.4. The van der Waals surface area contributed by atoms with Crippen LogP contribution in [0.5, 0.6) is 5.88 Å². The summed E-state index contributed by atoms with van der Waals surface area (Å²) in [7, 11) is 0. The van der Waals surface area contributed by atoms with Crippen LogP contribution in [0.4, 0.5) is 13.2 Å². The number of halogens is 4. The minimum absolute atomic E-state index is 0.0439. The van der Waals surface area contributed by atoms with Crippen LogP contribution in [0.25, 0.3) is 5.82 Å². The van der Waals surface area contributed by atoms with Crippen molar-refractivity contribution in [2.75, 3.05) is 0 Å². The molecule has 0 aliphatic heterocycles. The molecule has 0 aliphatic rings. The second kappa shape index (κ2) is 3.92. The average molecular weight is 264 g/mol. The van der Waals surface area contributed by atoms with Gasteiger partial charge in [0.25, 0.3) is 0 Å². The van der Waals surface area contributed by atoms with Gasteiger partial charge in [-0.1, -0.05) is 11.6 Å². The Labute approximate surface area is 98.3 Å². The highest BCUT2D eigenvalue weighted by atomic mass is 35.5. The van der Waals surface area contributed by atoms with Gasteiger partial charge in [0, 0.05) is 12.3 Å². The van der Waals surface area contributed by atoms with E-state index in [9.17, 15) is 18.3 Å². The summed E-state index contributed by atoms with van der Waals surface area (Å²) in [4.78, 5) is 3.75. The minimum atomic E-state index is -4.62. The molecule has 4 nitrogen and oxygen atoms in total. The molecular weight excluding hydrogens is 259 g/mol. The van der Waals surface area contributed by atoms with Crippen molar-refractivity contribution in [3.8, 4) is 11.7 Å². The summed E-state index contributed by atoms with van der Waals surface area (Å²) in [5.74, 6) is -0.602. The number of hydrogen-bond acceptors (Lipinski definition) is 3. The number of nitrogens with zero attached hydrogens (tertiary/aromatic N) is 3. The zero-order chi connectivity index (χ0) is 12.6. The van der Waals surface area contributed by atoms with Crippen LogP contribution in [0.15, 0.2) is 24.4 Å². The van der Waals surface area contributed by atoms with Gasteiger partial charge >= 0.3 is 6.18 Å². The Morgan fingerprint density at radius 1 is 1.29 bits per heavy atom. The van der Waals surface area contributed by atoms with E-state index in [-0.39, 0.29) is 5.82 Å². The molecule has 0 amide bonds. The Hall–Kier alpha value is -1.76. The molecule has 1 N–H and O–H groups in total. The number of alkyl halides is 3. The van der Waals surface area contributed by atoms with E-state index in [0.29, 0.717) is 15.8 Å². The first kappa shape index (κ1) is 11.7. The maximum Gasteiger partial charge on any atom is 0.435 e. The molecule has 2 rings (SSSR count). The molecule has 17 heavy (non-hydrogen) atoms. The maximum absolute atomic E-state index is 12.3. The molecule has 0 radical (unpaired) electrons. The fraction of sp³-hybridized carbons (Fsp3) is 0.111. The van der Waals surface area contributed by atoms with E-state index in [4.69, 9.17) is 11.6 Å². The molecule has 0 spiro atoms. The van der Waals surface area contributed by atoms with E-state index in [1.807, 2.05) is 0 Å². The van der Waals surface area contributed by atoms with Gasteiger partial charge in [0.05, 0.1) is 5.02 Å². The summed E-state index contributed by atoms with van der Waals surface area (Å²) < 4.78 is 37.7. The molecule has 0 fully saturated rings. The van der Waals surface area contributed by atoms with Crippen LogP contribution in [0.2, 0.25) is 5.02 Å². The summed E-state index contributed by atoms with van der Waals surface area (Å²) in [5.41, 5.74) is -1.19. The Balaban J connectivity index is 2.46. The largest absolute Gasteiger partial charge is 0.493 e. The smallest absolute Gasteiger partial charge is 0.435 e. The monoisotopic (exact) mass is 263 g/mol. The van der Waals surface area contributed by atoms with Gasteiger partial charge in [-0.05, 0) is 12.1 Å². The first-order chi connectivity index (χ1) is 7.88. The highest BCUT2D eigenvalue weighted by Gasteiger charge is 2.35. The van der Waals surface area contributed by atoms with Crippen LogP contribution >= 0.6 is 11.6 Å². The highest BCUT2D eigenvalue weighted by Crippen LogP contribution is 2.31. The SMILES string of the molecule is Oc1cc(C(F)(F)F)nn1-c1ccc(Cl)cn1. The normalized spacial score (nSPS) is 11.8. The third-order valence-corrected chi connectivity index (χ3v) is 2.13. The van der Waals surface area contributed by atoms with Crippen LogP contribution < -0.4 is 0 Å². The van der Waals surface area contributed by atoms with Crippen LogP contribution in [-0.4, -0.2) is 19.9 Å². The summed E-state index contributed by atoms with van der Waals surface area (Å²) in [5, 5.41) is 12.9. The second-order valence-electron chi connectivity index (χ2n) is 3.13. The number of aromatic nitrogens is 3. The van der Waals surface area contributed by atoms with Crippen molar-refractivity contribution < 1.29 is 18.3 Å². The third kappa shape index (κ3) is 2.33. The summed E-state index contributed by atoms with van der Waals surface area (Å²) in [6.07, 6.45) is -3.37. The maximum atomic E-state index is 12.3. The van der Waals surface area contributed by atoms with Gasteiger partial charge in [-0.15, -0.1) is 0 Å². The van der Waals surface area contributed by atoms with E-state index < -0.39 is 17.8 Å². The molecule has 0 saturated heterocycles. The average Bonchev–Trinajstić information content (AvgIpc) is 2.61. The summed E-state index contributed by atoms with van der Waals surface area (Å²) >= 11 is 5.58. The zero-order valence-electron chi connectivity index (χ0n) is 8.11. The molecule has 2 heterocycles. The molecule has 0 aromatic carbocycles. The molecule has 2 aromatic heterocycles. The molecule has 90 valence electrons. The number of hydrogen-bond donors (Lipinski definition) is 1. The molecule has 0 bridgehead atoms.